The molecule has 3 aromatic heterocycles. The highest BCUT2D eigenvalue weighted by molar-refractivity contribution is 7.26. The second-order valence-electron chi connectivity index (χ2n) is 8.16. The summed E-state index contributed by atoms with van der Waals surface area (Å²) in [5.74, 6) is 1.60. The smallest absolute Gasteiger partial charge is 0.150 e. The minimum absolute atomic E-state index is 0.476. The van der Waals surface area contributed by atoms with Crippen LogP contribution in [0.1, 0.15) is 69.2 Å². The van der Waals surface area contributed by atoms with Crippen molar-refractivity contribution in [3.63, 3.8) is 0 Å². The van der Waals surface area contributed by atoms with Crippen LogP contribution in [0.5, 0.6) is 0 Å². The van der Waals surface area contributed by atoms with Crippen molar-refractivity contribution in [2.24, 2.45) is 0 Å². The molecule has 0 bridgehead atoms. The molecule has 2 aliphatic rings. The number of hydrogen-bond acceptors (Lipinski definition) is 5. The number of nitrogens with zero attached hydrogens (tertiary/aromatic N) is 4. The Kier molecular flexibility index (Phi) is 3.89. The monoisotopic (exact) mass is 366 g/mol. The Morgan fingerprint density at radius 1 is 1.12 bits per heavy atom. The lowest BCUT2D eigenvalue weighted by Gasteiger charge is -2.34. The minimum Gasteiger partial charge on any atom is -0.353 e. The third kappa shape index (κ3) is 2.36. The predicted molar refractivity (Wildman–Crippen MR) is 109 cm³/mol. The van der Waals surface area contributed by atoms with Gasteiger partial charge in [0.1, 0.15) is 17.0 Å². The minimum atomic E-state index is 0.476. The molecule has 5 rings (SSSR count). The summed E-state index contributed by atoms with van der Waals surface area (Å²) in [5.41, 5.74) is 5.45. The van der Waals surface area contributed by atoms with Crippen LogP contribution in [0, 0.1) is 0 Å². The predicted octanol–water partition coefficient (Wildman–Crippen LogP) is 5.23. The molecule has 0 saturated carbocycles. The van der Waals surface area contributed by atoms with Gasteiger partial charge in [-0.25, -0.2) is 15.0 Å². The van der Waals surface area contributed by atoms with Gasteiger partial charge in [0.2, 0.25) is 0 Å². The lowest BCUT2D eigenvalue weighted by atomic mass is 9.99. The van der Waals surface area contributed by atoms with E-state index in [-0.39, 0.29) is 0 Å². The first kappa shape index (κ1) is 16.4. The summed E-state index contributed by atoms with van der Waals surface area (Å²) in [6.07, 6.45) is 9.18. The van der Waals surface area contributed by atoms with E-state index in [2.05, 4.69) is 25.7 Å². The second kappa shape index (κ2) is 6.15. The van der Waals surface area contributed by atoms with E-state index in [1.165, 1.54) is 65.4 Å². The van der Waals surface area contributed by atoms with Crippen molar-refractivity contribution in [1.29, 1.82) is 0 Å². The molecule has 3 aromatic rings. The number of pyridine rings is 1. The fourth-order valence-corrected chi connectivity index (χ4v) is 5.98. The van der Waals surface area contributed by atoms with Gasteiger partial charge in [-0.15, -0.1) is 11.3 Å². The molecule has 5 heteroatoms. The molecule has 1 fully saturated rings. The van der Waals surface area contributed by atoms with Crippen LogP contribution in [-0.4, -0.2) is 27.5 Å². The maximum atomic E-state index is 5.12. The Morgan fingerprint density at radius 2 is 1.96 bits per heavy atom. The fraction of sp³-hybridized carbons (Fsp3) is 0.571. The summed E-state index contributed by atoms with van der Waals surface area (Å²) in [6.45, 7) is 7.96. The molecule has 136 valence electrons. The van der Waals surface area contributed by atoms with E-state index in [1.807, 2.05) is 0 Å². The van der Waals surface area contributed by atoms with Crippen LogP contribution < -0.4 is 4.90 Å². The number of piperidine rings is 1. The van der Waals surface area contributed by atoms with E-state index >= 15 is 0 Å². The van der Waals surface area contributed by atoms with E-state index in [4.69, 9.17) is 15.0 Å². The summed E-state index contributed by atoms with van der Waals surface area (Å²) >= 11 is 1.80. The van der Waals surface area contributed by atoms with Gasteiger partial charge in [0.05, 0.1) is 10.2 Å². The van der Waals surface area contributed by atoms with E-state index in [1.54, 1.807) is 17.7 Å². The number of hydrogen-bond donors (Lipinski definition) is 0. The fourth-order valence-electron chi connectivity index (χ4n) is 4.81. The van der Waals surface area contributed by atoms with E-state index in [0.29, 0.717) is 12.0 Å². The average Bonchev–Trinajstić information content (AvgIpc) is 3.25. The third-order valence-corrected chi connectivity index (χ3v) is 7.18. The number of thiophene rings is 1. The molecule has 4 heterocycles. The van der Waals surface area contributed by atoms with Crippen molar-refractivity contribution in [2.45, 2.75) is 71.3 Å². The maximum Gasteiger partial charge on any atom is 0.150 e. The number of aromatic nitrogens is 3. The summed E-state index contributed by atoms with van der Waals surface area (Å²) in [6, 6.07) is 0.553. The number of rotatable bonds is 2. The summed E-state index contributed by atoms with van der Waals surface area (Å²) in [4.78, 5) is 18.2. The zero-order valence-corrected chi connectivity index (χ0v) is 16.7. The van der Waals surface area contributed by atoms with Crippen LogP contribution in [-0.2, 0) is 12.8 Å². The first-order chi connectivity index (χ1) is 12.6. The van der Waals surface area contributed by atoms with Crippen molar-refractivity contribution in [1.82, 2.24) is 15.0 Å². The van der Waals surface area contributed by atoms with Crippen LogP contribution in [0.25, 0.3) is 20.4 Å². The second-order valence-corrected chi connectivity index (χ2v) is 9.16. The van der Waals surface area contributed by atoms with Gasteiger partial charge in [0.25, 0.3) is 0 Å². The molecular formula is C21H26N4S. The highest BCUT2D eigenvalue weighted by Crippen LogP contribution is 2.43. The molecule has 1 saturated heterocycles. The van der Waals surface area contributed by atoms with Gasteiger partial charge in [0, 0.05) is 23.7 Å². The molecule has 0 amide bonds. The molecule has 4 nitrogen and oxygen atoms in total. The highest BCUT2D eigenvalue weighted by atomic mass is 32.1. The summed E-state index contributed by atoms with van der Waals surface area (Å²) < 4.78 is 1.23. The van der Waals surface area contributed by atoms with Gasteiger partial charge in [-0.2, -0.15) is 0 Å². The largest absolute Gasteiger partial charge is 0.353 e. The Labute approximate surface area is 158 Å². The first-order valence-corrected chi connectivity index (χ1v) is 10.8. The number of anilines is 1. The van der Waals surface area contributed by atoms with Crippen molar-refractivity contribution < 1.29 is 0 Å². The molecule has 0 spiro atoms. The lowest BCUT2D eigenvalue weighted by Crippen LogP contribution is -2.38. The summed E-state index contributed by atoms with van der Waals surface area (Å²) in [7, 11) is 0. The topological polar surface area (TPSA) is 41.9 Å². The zero-order valence-electron chi connectivity index (χ0n) is 15.9. The zero-order chi connectivity index (χ0) is 17.8. The van der Waals surface area contributed by atoms with Gasteiger partial charge in [-0.3, -0.25) is 0 Å². The van der Waals surface area contributed by atoms with Crippen LogP contribution in [0.3, 0.4) is 0 Å². The quantitative estimate of drug-likeness (QED) is 0.623. The normalized spacial score (nSPS) is 20.5. The molecule has 1 aliphatic carbocycles. The average molecular weight is 367 g/mol. The van der Waals surface area contributed by atoms with Gasteiger partial charge >= 0.3 is 0 Å². The van der Waals surface area contributed by atoms with Crippen molar-refractivity contribution >= 4 is 37.6 Å². The number of aryl methyl sites for hydroxylation is 1. The van der Waals surface area contributed by atoms with Gasteiger partial charge < -0.3 is 4.90 Å². The van der Waals surface area contributed by atoms with Crippen LogP contribution in [0.2, 0.25) is 0 Å². The van der Waals surface area contributed by atoms with Crippen LogP contribution in [0.4, 0.5) is 5.82 Å². The van der Waals surface area contributed by atoms with Crippen LogP contribution in [0.15, 0.2) is 6.33 Å². The van der Waals surface area contributed by atoms with Crippen molar-refractivity contribution in [3.8, 4) is 0 Å². The Balaban J connectivity index is 1.79. The molecule has 1 aliphatic heterocycles. The molecular weight excluding hydrogens is 340 g/mol. The Morgan fingerprint density at radius 3 is 2.77 bits per heavy atom. The summed E-state index contributed by atoms with van der Waals surface area (Å²) in [5, 5.41) is 1.32. The van der Waals surface area contributed by atoms with Gasteiger partial charge in [-0.1, -0.05) is 13.8 Å². The molecule has 1 unspecified atom stereocenters. The van der Waals surface area contributed by atoms with E-state index in [9.17, 15) is 0 Å². The molecule has 0 radical (unpaired) electrons. The molecule has 0 aromatic carbocycles. The van der Waals surface area contributed by atoms with Crippen LogP contribution >= 0.6 is 11.3 Å². The molecule has 26 heavy (non-hydrogen) atoms. The van der Waals surface area contributed by atoms with Gasteiger partial charge in [0.15, 0.2) is 0 Å². The first-order valence-electron chi connectivity index (χ1n) is 10.0. The number of fused-ring (bicyclic) bond motifs is 5. The Hall–Kier alpha value is -1.75. The van der Waals surface area contributed by atoms with E-state index in [0.717, 1.165) is 22.7 Å². The highest BCUT2D eigenvalue weighted by Gasteiger charge is 2.27. The van der Waals surface area contributed by atoms with Crippen molar-refractivity contribution in [2.75, 3.05) is 11.4 Å². The SMILES string of the molecule is CC(C)c1nc2sc3c(N4CCCCC4C)ncnc3c2c2c1CCC2. The third-order valence-electron chi connectivity index (χ3n) is 6.11. The maximum absolute atomic E-state index is 5.12. The standard InChI is InChI=1S/C21H26N4S/c1-12(2)17-15-9-6-8-14(15)16-18-19(26-21(16)24-17)20(23-11-22-18)25-10-5-4-7-13(25)3/h11-13H,4-10H2,1-3H3. The van der Waals surface area contributed by atoms with Gasteiger partial charge in [-0.05, 0) is 62.5 Å². The van der Waals surface area contributed by atoms with Crippen molar-refractivity contribution in [3.05, 3.63) is 23.1 Å². The molecule has 0 N–H and O–H groups in total. The van der Waals surface area contributed by atoms with E-state index < -0.39 is 0 Å². The Bertz CT molecular complexity index is 991. The lowest BCUT2D eigenvalue weighted by molar-refractivity contribution is 0.482. The molecule has 1 atom stereocenters.